The standard InChI is InChI=1S/C16H20BrN5O2/c1-16(2,3)24-15(23)22-6-4-5-12(22)14-20-8-11(21-14)10-7-19-13(17)9-18-10/h7-9,12H,4-6H2,1-3H3,(H,20,21)/t12-/m0/s1. The third-order valence-corrected chi connectivity index (χ3v) is 4.10. The molecule has 3 heterocycles. The zero-order valence-electron chi connectivity index (χ0n) is 13.9. The number of carbonyl (C=O) groups is 1. The summed E-state index contributed by atoms with van der Waals surface area (Å²) in [5.74, 6) is 0.748. The smallest absolute Gasteiger partial charge is 0.410 e. The summed E-state index contributed by atoms with van der Waals surface area (Å²) in [6.07, 6.45) is 6.52. The molecule has 1 atom stereocenters. The minimum atomic E-state index is -0.508. The zero-order valence-corrected chi connectivity index (χ0v) is 15.5. The summed E-state index contributed by atoms with van der Waals surface area (Å²) in [4.78, 5) is 30.3. The maximum absolute atomic E-state index is 12.4. The number of nitrogens with zero attached hydrogens (tertiary/aromatic N) is 4. The molecule has 8 heteroatoms. The molecule has 24 heavy (non-hydrogen) atoms. The van der Waals surface area contributed by atoms with Gasteiger partial charge in [-0.3, -0.25) is 9.88 Å². The topological polar surface area (TPSA) is 84.0 Å². The molecule has 1 aliphatic heterocycles. The number of ether oxygens (including phenoxy) is 1. The molecule has 1 aliphatic rings. The molecule has 1 fully saturated rings. The van der Waals surface area contributed by atoms with E-state index < -0.39 is 5.60 Å². The summed E-state index contributed by atoms with van der Waals surface area (Å²) in [6, 6.07) is -0.1000. The van der Waals surface area contributed by atoms with Crippen molar-refractivity contribution in [1.82, 2.24) is 24.8 Å². The monoisotopic (exact) mass is 393 g/mol. The van der Waals surface area contributed by atoms with Gasteiger partial charge in [-0.25, -0.2) is 14.8 Å². The second-order valence-electron chi connectivity index (χ2n) is 6.74. The largest absolute Gasteiger partial charge is 0.444 e. The van der Waals surface area contributed by atoms with E-state index in [0.29, 0.717) is 16.8 Å². The van der Waals surface area contributed by atoms with Crippen molar-refractivity contribution in [3.8, 4) is 11.4 Å². The first kappa shape index (κ1) is 16.9. The molecule has 0 spiro atoms. The molecule has 2 aromatic heterocycles. The molecule has 0 aliphatic carbocycles. The molecule has 2 aromatic rings. The Balaban J connectivity index is 1.78. The number of halogens is 1. The van der Waals surface area contributed by atoms with E-state index in [1.165, 1.54) is 0 Å². The van der Waals surface area contributed by atoms with Gasteiger partial charge < -0.3 is 9.72 Å². The zero-order chi connectivity index (χ0) is 17.3. The van der Waals surface area contributed by atoms with E-state index >= 15 is 0 Å². The lowest BCUT2D eigenvalue weighted by Crippen LogP contribution is -2.36. The van der Waals surface area contributed by atoms with Gasteiger partial charge >= 0.3 is 6.09 Å². The van der Waals surface area contributed by atoms with Crippen molar-refractivity contribution in [1.29, 1.82) is 0 Å². The van der Waals surface area contributed by atoms with E-state index in [1.807, 2.05) is 20.8 Å². The van der Waals surface area contributed by atoms with Crippen molar-refractivity contribution in [2.24, 2.45) is 0 Å². The van der Waals surface area contributed by atoms with Gasteiger partial charge in [-0.15, -0.1) is 0 Å². The Kier molecular flexibility index (Phi) is 4.58. The SMILES string of the molecule is CC(C)(C)OC(=O)N1CCC[C@H]1c1ncc(-c2cnc(Br)cn2)[nH]1. The number of likely N-dealkylation sites (tertiary alicyclic amines) is 1. The highest BCUT2D eigenvalue weighted by molar-refractivity contribution is 9.10. The summed E-state index contributed by atoms with van der Waals surface area (Å²) in [5.41, 5.74) is 0.978. The van der Waals surface area contributed by atoms with Gasteiger partial charge in [0.1, 0.15) is 21.7 Å². The van der Waals surface area contributed by atoms with Crippen LogP contribution in [0.2, 0.25) is 0 Å². The highest BCUT2D eigenvalue weighted by atomic mass is 79.9. The second kappa shape index (κ2) is 6.51. The van der Waals surface area contributed by atoms with Crippen LogP contribution >= 0.6 is 15.9 Å². The summed E-state index contributed by atoms with van der Waals surface area (Å²) >= 11 is 3.27. The molecular weight excluding hydrogens is 374 g/mol. The average Bonchev–Trinajstić information content (AvgIpc) is 3.15. The van der Waals surface area contributed by atoms with Gasteiger partial charge in [-0.05, 0) is 49.5 Å². The number of hydrogen-bond acceptors (Lipinski definition) is 5. The van der Waals surface area contributed by atoms with Crippen LogP contribution in [-0.2, 0) is 4.74 Å². The molecule has 0 bridgehead atoms. The lowest BCUT2D eigenvalue weighted by atomic mass is 10.2. The maximum atomic E-state index is 12.4. The van der Waals surface area contributed by atoms with Crippen LogP contribution < -0.4 is 0 Å². The summed E-state index contributed by atoms with van der Waals surface area (Å²) in [6.45, 7) is 6.28. The predicted octanol–water partition coefficient (Wildman–Crippen LogP) is 3.70. The van der Waals surface area contributed by atoms with Crippen LogP contribution in [0.3, 0.4) is 0 Å². The van der Waals surface area contributed by atoms with Gasteiger partial charge in [0.25, 0.3) is 0 Å². The van der Waals surface area contributed by atoms with Crippen LogP contribution in [0.4, 0.5) is 4.79 Å². The van der Waals surface area contributed by atoms with Gasteiger partial charge in [0.15, 0.2) is 0 Å². The van der Waals surface area contributed by atoms with Crippen molar-refractivity contribution >= 4 is 22.0 Å². The Labute approximate surface area is 149 Å². The Morgan fingerprint density at radius 2 is 2.08 bits per heavy atom. The number of aromatic amines is 1. The Bertz CT molecular complexity index is 723. The molecule has 1 saturated heterocycles. The average molecular weight is 394 g/mol. The fourth-order valence-corrected chi connectivity index (χ4v) is 2.88. The lowest BCUT2D eigenvalue weighted by molar-refractivity contribution is 0.0219. The quantitative estimate of drug-likeness (QED) is 0.840. The first-order valence-corrected chi connectivity index (χ1v) is 8.65. The molecule has 1 N–H and O–H groups in total. The van der Waals surface area contributed by atoms with Crippen molar-refractivity contribution < 1.29 is 9.53 Å². The lowest BCUT2D eigenvalue weighted by Gasteiger charge is -2.27. The molecular formula is C16H20BrN5O2. The molecule has 0 saturated carbocycles. The number of rotatable bonds is 2. The fourth-order valence-electron chi connectivity index (χ4n) is 2.68. The van der Waals surface area contributed by atoms with Crippen LogP contribution in [0.1, 0.15) is 45.5 Å². The van der Waals surface area contributed by atoms with E-state index in [0.717, 1.165) is 24.4 Å². The number of nitrogens with one attached hydrogen (secondary N) is 1. The molecule has 1 amide bonds. The van der Waals surface area contributed by atoms with Crippen LogP contribution in [-0.4, -0.2) is 43.1 Å². The highest BCUT2D eigenvalue weighted by Crippen LogP contribution is 2.32. The normalized spacial score (nSPS) is 18.0. The summed E-state index contributed by atoms with van der Waals surface area (Å²) in [7, 11) is 0. The molecule has 3 rings (SSSR count). The van der Waals surface area contributed by atoms with Crippen molar-refractivity contribution in [3.63, 3.8) is 0 Å². The first-order chi connectivity index (χ1) is 11.3. The Morgan fingerprint density at radius 3 is 2.75 bits per heavy atom. The van der Waals surface area contributed by atoms with Crippen LogP contribution in [0.5, 0.6) is 0 Å². The van der Waals surface area contributed by atoms with E-state index in [1.54, 1.807) is 23.5 Å². The van der Waals surface area contributed by atoms with Crippen molar-refractivity contribution in [3.05, 3.63) is 29.0 Å². The second-order valence-corrected chi connectivity index (χ2v) is 7.55. The Hall–Kier alpha value is -1.96. The first-order valence-electron chi connectivity index (χ1n) is 7.86. The molecule has 128 valence electrons. The van der Waals surface area contributed by atoms with Gasteiger partial charge in [0, 0.05) is 6.54 Å². The van der Waals surface area contributed by atoms with Crippen molar-refractivity contribution in [2.45, 2.75) is 45.3 Å². The number of imidazole rings is 1. The molecule has 0 unspecified atom stereocenters. The van der Waals surface area contributed by atoms with E-state index in [9.17, 15) is 4.79 Å². The molecule has 7 nitrogen and oxygen atoms in total. The number of hydrogen-bond donors (Lipinski definition) is 1. The minimum Gasteiger partial charge on any atom is -0.444 e. The third-order valence-electron chi connectivity index (χ3n) is 3.69. The third kappa shape index (κ3) is 3.75. The number of aromatic nitrogens is 4. The van der Waals surface area contributed by atoms with Gasteiger partial charge in [-0.1, -0.05) is 0 Å². The highest BCUT2D eigenvalue weighted by Gasteiger charge is 2.34. The summed E-state index contributed by atoms with van der Waals surface area (Å²) in [5, 5.41) is 0. The van der Waals surface area contributed by atoms with Crippen LogP contribution in [0, 0.1) is 0 Å². The van der Waals surface area contributed by atoms with Crippen LogP contribution in [0.15, 0.2) is 23.2 Å². The fraction of sp³-hybridized carbons (Fsp3) is 0.500. The number of H-pyrrole nitrogens is 1. The van der Waals surface area contributed by atoms with E-state index in [4.69, 9.17) is 4.74 Å². The Morgan fingerprint density at radius 1 is 1.29 bits per heavy atom. The predicted molar refractivity (Wildman–Crippen MR) is 92.2 cm³/mol. The van der Waals surface area contributed by atoms with E-state index in [2.05, 4.69) is 35.9 Å². The van der Waals surface area contributed by atoms with E-state index in [-0.39, 0.29) is 12.1 Å². The van der Waals surface area contributed by atoms with Gasteiger partial charge in [0.2, 0.25) is 0 Å². The minimum absolute atomic E-state index is 0.1000. The van der Waals surface area contributed by atoms with Crippen molar-refractivity contribution in [2.75, 3.05) is 6.54 Å². The number of amides is 1. The molecule has 0 aromatic carbocycles. The van der Waals surface area contributed by atoms with Gasteiger partial charge in [0.05, 0.1) is 30.3 Å². The van der Waals surface area contributed by atoms with Crippen LogP contribution in [0.25, 0.3) is 11.4 Å². The van der Waals surface area contributed by atoms with Gasteiger partial charge in [-0.2, -0.15) is 0 Å². The summed E-state index contributed by atoms with van der Waals surface area (Å²) < 4.78 is 6.17. The molecule has 0 radical (unpaired) electrons. The maximum Gasteiger partial charge on any atom is 0.410 e. The number of carbonyl (C=O) groups excluding carboxylic acids is 1.